The molecule has 0 aliphatic carbocycles. The number of para-hydroxylation sites is 1. The molecule has 31 heavy (non-hydrogen) atoms. The summed E-state index contributed by atoms with van der Waals surface area (Å²) < 4.78 is 10.4. The lowest BCUT2D eigenvalue weighted by Gasteiger charge is -2.21. The van der Waals surface area contributed by atoms with Gasteiger partial charge < -0.3 is 14.8 Å². The average Bonchev–Trinajstić information content (AvgIpc) is 3.28. The second kappa shape index (κ2) is 8.23. The standard InChI is InChI=1S/C20H18ClN5O5/c1-30-14-8-7-11(9-15(14)31-2)26-19(28)17-18(20(26)29)25(24-23-17)10-16(27)22-13-6-4-3-5-12(13)21/h3-9,17-18H,10H2,1-2H3,(H,22,27)/t17-,18-/m1/s1. The summed E-state index contributed by atoms with van der Waals surface area (Å²) in [6, 6.07) is 9.44. The van der Waals surface area contributed by atoms with E-state index in [0.29, 0.717) is 27.9 Å². The molecule has 160 valence electrons. The normalized spacial score (nSPS) is 19.6. The van der Waals surface area contributed by atoms with Crippen molar-refractivity contribution in [3.8, 4) is 11.5 Å². The van der Waals surface area contributed by atoms with Crippen LogP contribution in [0.4, 0.5) is 11.4 Å². The molecule has 1 saturated heterocycles. The van der Waals surface area contributed by atoms with Crippen LogP contribution < -0.4 is 19.7 Å². The number of hydrogen-bond donors (Lipinski definition) is 1. The smallest absolute Gasteiger partial charge is 0.263 e. The Hall–Kier alpha value is -3.66. The molecule has 0 unspecified atom stereocenters. The largest absolute Gasteiger partial charge is 0.493 e. The highest BCUT2D eigenvalue weighted by atomic mass is 35.5. The quantitative estimate of drug-likeness (QED) is 0.685. The second-order valence-corrected chi connectivity index (χ2v) is 7.18. The first kappa shape index (κ1) is 20.6. The Morgan fingerprint density at radius 2 is 1.84 bits per heavy atom. The number of methoxy groups -OCH3 is 2. The SMILES string of the molecule is COc1ccc(N2C(=O)[C@@H]3N=NN(CC(=O)Nc4ccccc4Cl)[C@H]3C2=O)cc1OC. The molecule has 4 rings (SSSR count). The highest BCUT2D eigenvalue weighted by Gasteiger charge is 2.55. The maximum absolute atomic E-state index is 13.1. The number of hydrogen-bond acceptors (Lipinski definition) is 8. The van der Waals surface area contributed by atoms with Crippen molar-refractivity contribution in [3.05, 3.63) is 47.5 Å². The van der Waals surface area contributed by atoms with Crippen molar-refractivity contribution < 1.29 is 23.9 Å². The average molecular weight is 444 g/mol. The van der Waals surface area contributed by atoms with Crippen LogP contribution >= 0.6 is 11.6 Å². The number of halogens is 1. The molecule has 10 nitrogen and oxygen atoms in total. The molecular weight excluding hydrogens is 426 g/mol. The molecule has 0 spiro atoms. The predicted octanol–water partition coefficient (Wildman–Crippen LogP) is 2.29. The highest BCUT2D eigenvalue weighted by Crippen LogP contribution is 2.36. The number of nitrogens with one attached hydrogen (secondary N) is 1. The van der Waals surface area contributed by atoms with E-state index in [0.717, 1.165) is 4.90 Å². The minimum atomic E-state index is -1.02. The third-order valence-electron chi connectivity index (χ3n) is 4.94. The molecule has 0 saturated carbocycles. The number of nitrogens with zero attached hydrogens (tertiary/aromatic N) is 4. The van der Waals surface area contributed by atoms with Crippen LogP contribution in [0.5, 0.6) is 11.5 Å². The molecule has 2 aliphatic rings. The van der Waals surface area contributed by atoms with Crippen molar-refractivity contribution in [2.75, 3.05) is 31.0 Å². The van der Waals surface area contributed by atoms with E-state index in [2.05, 4.69) is 15.7 Å². The molecule has 2 aliphatic heterocycles. The van der Waals surface area contributed by atoms with E-state index in [4.69, 9.17) is 21.1 Å². The van der Waals surface area contributed by atoms with Crippen LogP contribution in [0.1, 0.15) is 0 Å². The molecule has 2 aromatic carbocycles. The van der Waals surface area contributed by atoms with Crippen LogP contribution in [0.15, 0.2) is 52.8 Å². The third-order valence-corrected chi connectivity index (χ3v) is 5.27. The Kier molecular flexibility index (Phi) is 5.47. The lowest BCUT2D eigenvalue weighted by Crippen LogP contribution is -2.43. The molecule has 3 amide bonds. The van der Waals surface area contributed by atoms with Crippen molar-refractivity contribution in [2.45, 2.75) is 12.1 Å². The molecule has 0 bridgehead atoms. The van der Waals surface area contributed by atoms with Crippen LogP contribution in [-0.4, -0.2) is 55.6 Å². The summed E-state index contributed by atoms with van der Waals surface area (Å²) in [6.45, 7) is -0.269. The number of fused-ring (bicyclic) bond motifs is 1. The predicted molar refractivity (Wildman–Crippen MR) is 111 cm³/mol. The summed E-state index contributed by atoms with van der Waals surface area (Å²) in [4.78, 5) is 39.4. The number of benzene rings is 2. The summed E-state index contributed by atoms with van der Waals surface area (Å²) in [6.07, 6.45) is 0. The Morgan fingerprint density at radius 1 is 1.10 bits per heavy atom. The Morgan fingerprint density at radius 3 is 2.55 bits per heavy atom. The van der Waals surface area contributed by atoms with Crippen molar-refractivity contribution in [1.29, 1.82) is 0 Å². The number of anilines is 2. The van der Waals surface area contributed by atoms with Crippen LogP contribution in [0.25, 0.3) is 0 Å². The minimum Gasteiger partial charge on any atom is -0.493 e. The van der Waals surface area contributed by atoms with Crippen molar-refractivity contribution in [1.82, 2.24) is 5.01 Å². The van der Waals surface area contributed by atoms with Crippen LogP contribution in [0.2, 0.25) is 5.02 Å². The maximum atomic E-state index is 13.1. The summed E-state index contributed by atoms with van der Waals surface area (Å²) >= 11 is 6.05. The number of rotatable bonds is 6. The van der Waals surface area contributed by atoms with Crippen molar-refractivity contribution >= 4 is 40.7 Å². The Labute approximate surface area is 182 Å². The van der Waals surface area contributed by atoms with Gasteiger partial charge in [-0.3, -0.25) is 19.4 Å². The lowest BCUT2D eigenvalue weighted by atomic mass is 10.1. The van der Waals surface area contributed by atoms with Gasteiger partial charge in [0.05, 0.1) is 30.6 Å². The van der Waals surface area contributed by atoms with Gasteiger partial charge in [0, 0.05) is 6.07 Å². The van der Waals surface area contributed by atoms with E-state index in [1.807, 2.05) is 0 Å². The number of carbonyl (C=O) groups excluding carboxylic acids is 3. The maximum Gasteiger partial charge on any atom is 0.263 e. The van der Waals surface area contributed by atoms with E-state index >= 15 is 0 Å². The molecule has 2 atom stereocenters. The van der Waals surface area contributed by atoms with Gasteiger partial charge in [-0.1, -0.05) is 29.0 Å². The molecular formula is C20H18ClN5O5. The first-order valence-electron chi connectivity index (χ1n) is 9.26. The Bertz CT molecular complexity index is 1090. The van der Waals surface area contributed by atoms with Gasteiger partial charge in [0.1, 0.15) is 6.54 Å². The monoisotopic (exact) mass is 443 g/mol. The fourth-order valence-corrected chi connectivity index (χ4v) is 3.65. The fourth-order valence-electron chi connectivity index (χ4n) is 3.47. The summed E-state index contributed by atoms with van der Waals surface area (Å²) in [5.74, 6) is -0.673. The summed E-state index contributed by atoms with van der Waals surface area (Å²) in [5, 5.41) is 12.0. The summed E-state index contributed by atoms with van der Waals surface area (Å²) in [5.41, 5.74) is 0.750. The van der Waals surface area contributed by atoms with Crippen LogP contribution in [0, 0.1) is 0 Å². The van der Waals surface area contributed by atoms with E-state index in [1.165, 1.54) is 25.3 Å². The first-order chi connectivity index (χ1) is 14.9. The summed E-state index contributed by atoms with van der Waals surface area (Å²) in [7, 11) is 2.94. The van der Waals surface area contributed by atoms with Gasteiger partial charge in [0.2, 0.25) is 5.91 Å². The first-order valence-corrected chi connectivity index (χ1v) is 9.64. The number of amides is 3. The highest BCUT2D eigenvalue weighted by molar-refractivity contribution is 6.33. The van der Waals surface area contributed by atoms with E-state index in [1.54, 1.807) is 36.4 Å². The topological polar surface area (TPSA) is 113 Å². The molecule has 2 aromatic rings. The van der Waals surface area contributed by atoms with Gasteiger partial charge in [0.15, 0.2) is 23.6 Å². The molecule has 11 heteroatoms. The van der Waals surface area contributed by atoms with Gasteiger partial charge in [-0.2, -0.15) is 5.11 Å². The van der Waals surface area contributed by atoms with Gasteiger partial charge >= 0.3 is 0 Å². The van der Waals surface area contributed by atoms with E-state index in [9.17, 15) is 14.4 Å². The van der Waals surface area contributed by atoms with Crippen molar-refractivity contribution in [2.24, 2.45) is 10.3 Å². The van der Waals surface area contributed by atoms with Gasteiger partial charge in [0.25, 0.3) is 11.8 Å². The Balaban J connectivity index is 1.52. The molecule has 1 N–H and O–H groups in total. The fraction of sp³-hybridized carbons (Fsp3) is 0.250. The zero-order valence-corrected chi connectivity index (χ0v) is 17.4. The van der Waals surface area contributed by atoms with Gasteiger partial charge in [-0.05, 0) is 24.3 Å². The van der Waals surface area contributed by atoms with E-state index in [-0.39, 0.29) is 6.54 Å². The van der Waals surface area contributed by atoms with Crippen LogP contribution in [-0.2, 0) is 14.4 Å². The zero-order chi connectivity index (χ0) is 22.1. The zero-order valence-electron chi connectivity index (χ0n) is 16.6. The third kappa shape index (κ3) is 3.66. The van der Waals surface area contributed by atoms with Gasteiger partial charge in [-0.25, -0.2) is 4.90 Å². The molecule has 0 radical (unpaired) electrons. The minimum absolute atomic E-state index is 0.269. The molecule has 0 aromatic heterocycles. The second-order valence-electron chi connectivity index (χ2n) is 6.77. The van der Waals surface area contributed by atoms with E-state index < -0.39 is 29.8 Å². The molecule has 1 fully saturated rings. The molecule has 2 heterocycles. The number of carbonyl (C=O) groups is 3. The van der Waals surface area contributed by atoms with Gasteiger partial charge in [-0.15, -0.1) is 0 Å². The number of imide groups is 1. The number of ether oxygens (including phenoxy) is 2. The van der Waals surface area contributed by atoms with Crippen LogP contribution in [0.3, 0.4) is 0 Å². The van der Waals surface area contributed by atoms with Crippen molar-refractivity contribution in [3.63, 3.8) is 0 Å². The lowest BCUT2D eigenvalue weighted by molar-refractivity contribution is -0.123.